The van der Waals surface area contributed by atoms with E-state index in [0.717, 1.165) is 37.8 Å². The van der Waals surface area contributed by atoms with E-state index in [1.54, 1.807) is 13.3 Å². The molecule has 0 aliphatic rings. The number of hydrogen-bond acceptors (Lipinski definition) is 4. The number of furan rings is 1. The van der Waals surface area contributed by atoms with Gasteiger partial charge in [0.25, 0.3) is 0 Å². The molecule has 6 heteroatoms. The highest BCUT2D eigenvalue weighted by atomic mass is 16.5. The average molecular weight is 311 g/mol. The van der Waals surface area contributed by atoms with Crippen LogP contribution in [0.3, 0.4) is 0 Å². The number of nitrogens with one attached hydrogen (secondary N) is 2. The lowest BCUT2D eigenvalue weighted by molar-refractivity contribution is 0.104. The molecule has 0 atom stereocenters. The summed E-state index contributed by atoms with van der Waals surface area (Å²) in [6.07, 6.45) is 2.56. The molecule has 0 saturated carbocycles. The van der Waals surface area contributed by atoms with Gasteiger partial charge in [-0.3, -0.25) is 4.99 Å². The fourth-order valence-corrected chi connectivity index (χ4v) is 1.73. The zero-order valence-corrected chi connectivity index (χ0v) is 13.9. The maximum absolute atomic E-state index is 5.51. The van der Waals surface area contributed by atoms with Crippen LogP contribution >= 0.6 is 0 Å². The minimum Gasteiger partial charge on any atom is -0.467 e. The van der Waals surface area contributed by atoms with Crippen molar-refractivity contribution in [1.29, 1.82) is 0 Å². The number of nitrogens with zero attached hydrogens (tertiary/aromatic N) is 1. The van der Waals surface area contributed by atoms with Crippen molar-refractivity contribution in [3.63, 3.8) is 0 Å². The highest BCUT2D eigenvalue weighted by Crippen LogP contribution is 2.01. The van der Waals surface area contributed by atoms with Gasteiger partial charge in [-0.1, -0.05) is 13.8 Å². The van der Waals surface area contributed by atoms with E-state index >= 15 is 0 Å². The molecular weight excluding hydrogens is 282 g/mol. The zero-order valence-electron chi connectivity index (χ0n) is 13.9. The van der Waals surface area contributed by atoms with Crippen molar-refractivity contribution in [3.8, 4) is 0 Å². The standard InChI is InChI=1S/C16H29N3O3/c1-14(2)12-21-11-8-19-16(17-3)18-7-5-9-20-13-15-6-4-10-22-15/h4,6,10,14H,5,7-9,11-13H2,1-3H3,(H2,17,18,19). The van der Waals surface area contributed by atoms with E-state index in [1.165, 1.54) is 0 Å². The third-order valence-corrected chi connectivity index (χ3v) is 2.80. The van der Waals surface area contributed by atoms with Gasteiger partial charge in [0.15, 0.2) is 5.96 Å². The molecule has 1 rings (SSSR count). The van der Waals surface area contributed by atoms with Crippen molar-refractivity contribution in [2.75, 3.05) is 40.0 Å². The summed E-state index contributed by atoms with van der Waals surface area (Å²) in [6, 6.07) is 3.77. The van der Waals surface area contributed by atoms with Crippen LogP contribution in [0.15, 0.2) is 27.8 Å². The van der Waals surface area contributed by atoms with Crippen LogP contribution < -0.4 is 10.6 Å². The number of hydrogen-bond donors (Lipinski definition) is 2. The predicted molar refractivity (Wildman–Crippen MR) is 88.0 cm³/mol. The molecule has 0 aliphatic carbocycles. The molecule has 1 aromatic heterocycles. The minimum absolute atomic E-state index is 0.521. The van der Waals surface area contributed by atoms with Gasteiger partial charge in [0, 0.05) is 33.4 Å². The van der Waals surface area contributed by atoms with E-state index in [1.807, 2.05) is 12.1 Å². The van der Waals surface area contributed by atoms with Gasteiger partial charge in [-0.05, 0) is 24.5 Å². The maximum atomic E-state index is 5.51. The van der Waals surface area contributed by atoms with Gasteiger partial charge in [0.1, 0.15) is 12.4 Å². The second kappa shape index (κ2) is 12.1. The van der Waals surface area contributed by atoms with Crippen LogP contribution in [-0.4, -0.2) is 45.9 Å². The highest BCUT2D eigenvalue weighted by molar-refractivity contribution is 5.79. The largest absolute Gasteiger partial charge is 0.467 e. The first-order valence-corrected chi connectivity index (χ1v) is 7.84. The van der Waals surface area contributed by atoms with Gasteiger partial charge in [-0.25, -0.2) is 0 Å². The second-order valence-electron chi connectivity index (χ2n) is 5.38. The molecule has 6 nitrogen and oxygen atoms in total. The Balaban J connectivity index is 1.95. The number of ether oxygens (including phenoxy) is 2. The van der Waals surface area contributed by atoms with Crippen molar-refractivity contribution < 1.29 is 13.9 Å². The lowest BCUT2D eigenvalue weighted by atomic mass is 10.2. The molecule has 22 heavy (non-hydrogen) atoms. The highest BCUT2D eigenvalue weighted by Gasteiger charge is 1.99. The Morgan fingerprint density at radius 2 is 2.05 bits per heavy atom. The second-order valence-corrected chi connectivity index (χ2v) is 5.38. The van der Waals surface area contributed by atoms with Crippen LogP contribution in [0.1, 0.15) is 26.0 Å². The van der Waals surface area contributed by atoms with Crippen LogP contribution in [0.25, 0.3) is 0 Å². The zero-order chi connectivity index (χ0) is 16.0. The summed E-state index contributed by atoms with van der Waals surface area (Å²) < 4.78 is 16.2. The Morgan fingerprint density at radius 1 is 1.23 bits per heavy atom. The van der Waals surface area contributed by atoms with Crippen LogP contribution in [0.5, 0.6) is 0 Å². The topological polar surface area (TPSA) is 68.0 Å². The van der Waals surface area contributed by atoms with E-state index in [4.69, 9.17) is 13.9 Å². The molecular formula is C16H29N3O3. The van der Waals surface area contributed by atoms with Gasteiger partial charge in [-0.15, -0.1) is 0 Å². The molecule has 0 radical (unpaired) electrons. The third kappa shape index (κ3) is 9.41. The van der Waals surface area contributed by atoms with Crippen LogP contribution in [-0.2, 0) is 16.1 Å². The molecule has 1 heterocycles. The SMILES string of the molecule is CN=C(NCCCOCc1ccco1)NCCOCC(C)C. The quantitative estimate of drug-likeness (QED) is 0.372. The number of guanidine groups is 1. The van der Waals surface area contributed by atoms with Gasteiger partial charge >= 0.3 is 0 Å². The summed E-state index contributed by atoms with van der Waals surface area (Å²) in [7, 11) is 1.76. The lowest BCUT2D eigenvalue weighted by Crippen LogP contribution is -2.39. The summed E-state index contributed by atoms with van der Waals surface area (Å²) in [5.41, 5.74) is 0. The molecule has 0 aromatic carbocycles. The van der Waals surface area contributed by atoms with Gasteiger partial charge in [0.05, 0.1) is 12.9 Å². The Morgan fingerprint density at radius 3 is 2.73 bits per heavy atom. The van der Waals surface area contributed by atoms with Gasteiger partial charge < -0.3 is 24.5 Å². The molecule has 0 bridgehead atoms. The Hall–Kier alpha value is -1.53. The summed E-state index contributed by atoms with van der Waals surface area (Å²) in [5.74, 6) is 2.21. The molecule has 0 fully saturated rings. The number of rotatable bonds is 11. The predicted octanol–water partition coefficient (Wildman–Crippen LogP) is 2.02. The van der Waals surface area contributed by atoms with Crippen molar-refractivity contribution >= 4 is 5.96 Å². The number of aliphatic imine (C=N–C) groups is 1. The summed E-state index contributed by atoms with van der Waals surface area (Å²) in [6.45, 7) is 8.52. The fourth-order valence-electron chi connectivity index (χ4n) is 1.73. The van der Waals surface area contributed by atoms with Crippen molar-refractivity contribution in [3.05, 3.63) is 24.2 Å². The van der Waals surface area contributed by atoms with Crippen LogP contribution in [0, 0.1) is 5.92 Å². The van der Waals surface area contributed by atoms with Gasteiger partial charge in [0.2, 0.25) is 0 Å². The van der Waals surface area contributed by atoms with E-state index in [2.05, 4.69) is 29.5 Å². The first-order valence-electron chi connectivity index (χ1n) is 7.84. The molecule has 2 N–H and O–H groups in total. The van der Waals surface area contributed by atoms with E-state index < -0.39 is 0 Å². The molecule has 0 unspecified atom stereocenters. The first kappa shape index (κ1) is 18.5. The molecule has 126 valence electrons. The summed E-state index contributed by atoms with van der Waals surface area (Å²) in [4.78, 5) is 4.16. The average Bonchev–Trinajstić information content (AvgIpc) is 3.01. The Kier molecular flexibility index (Phi) is 10.1. The Bertz CT molecular complexity index is 391. The van der Waals surface area contributed by atoms with Gasteiger partial charge in [-0.2, -0.15) is 0 Å². The summed E-state index contributed by atoms with van der Waals surface area (Å²) >= 11 is 0. The Labute approximate surface area is 133 Å². The smallest absolute Gasteiger partial charge is 0.191 e. The van der Waals surface area contributed by atoms with E-state index in [0.29, 0.717) is 25.7 Å². The maximum Gasteiger partial charge on any atom is 0.191 e. The van der Waals surface area contributed by atoms with Crippen molar-refractivity contribution in [2.45, 2.75) is 26.9 Å². The fraction of sp³-hybridized carbons (Fsp3) is 0.688. The lowest BCUT2D eigenvalue weighted by Gasteiger charge is -2.12. The molecule has 0 aliphatic heterocycles. The van der Waals surface area contributed by atoms with E-state index in [-0.39, 0.29) is 0 Å². The monoisotopic (exact) mass is 311 g/mol. The molecule has 0 spiro atoms. The minimum atomic E-state index is 0.521. The normalized spacial score (nSPS) is 11.9. The van der Waals surface area contributed by atoms with Crippen LogP contribution in [0.2, 0.25) is 0 Å². The molecule has 0 saturated heterocycles. The summed E-state index contributed by atoms with van der Waals surface area (Å²) in [5, 5.41) is 6.46. The van der Waals surface area contributed by atoms with Crippen LogP contribution in [0.4, 0.5) is 0 Å². The van der Waals surface area contributed by atoms with Crippen molar-refractivity contribution in [2.24, 2.45) is 10.9 Å². The third-order valence-electron chi connectivity index (χ3n) is 2.80. The first-order chi connectivity index (χ1) is 10.7. The van der Waals surface area contributed by atoms with E-state index in [9.17, 15) is 0 Å². The molecule has 0 amide bonds. The van der Waals surface area contributed by atoms with Crippen molar-refractivity contribution in [1.82, 2.24) is 10.6 Å². The molecule has 1 aromatic rings.